The van der Waals surface area contributed by atoms with Crippen molar-refractivity contribution in [3.8, 4) is 16.8 Å². The molecule has 2 atom stereocenters. The van der Waals surface area contributed by atoms with E-state index in [1.165, 1.54) is 10.8 Å². The fourth-order valence-electron chi connectivity index (χ4n) is 8.90. The third-order valence-electron chi connectivity index (χ3n) is 11.5. The zero-order chi connectivity index (χ0) is 37.5. The summed E-state index contributed by atoms with van der Waals surface area (Å²) in [5, 5.41) is 14.1. The first-order chi connectivity index (χ1) is 28.3. The summed E-state index contributed by atoms with van der Waals surface area (Å²) in [7, 11) is 0. The highest BCUT2D eigenvalue weighted by molar-refractivity contribution is 6.18. The number of nitrogens with zero attached hydrogens (tertiary/aromatic N) is 2. The van der Waals surface area contributed by atoms with Crippen LogP contribution in [0.2, 0.25) is 0 Å². The van der Waals surface area contributed by atoms with E-state index in [-0.39, 0.29) is 12.3 Å². The van der Waals surface area contributed by atoms with Crippen molar-refractivity contribution in [1.82, 2.24) is 15.2 Å². The van der Waals surface area contributed by atoms with Crippen LogP contribution in [0.3, 0.4) is 0 Å². The van der Waals surface area contributed by atoms with Gasteiger partial charge in [0.1, 0.15) is 34.9 Å². The number of nitrogens with one attached hydrogen (secondary N) is 2. The normalized spacial score (nSPS) is 15.9. The quantitative estimate of drug-likeness (QED) is 0.185. The second-order valence-electron chi connectivity index (χ2n) is 14.7. The summed E-state index contributed by atoms with van der Waals surface area (Å²) in [6.07, 6.45) is -0.379. The topological polar surface area (TPSA) is 67.6 Å². The molecule has 1 aliphatic heterocycles. The van der Waals surface area contributed by atoms with Crippen molar-refractivity contribution in [2.75, 3.05) is 0 Å². The molecule has 0 fully saturated rings. The molecule has 6 heteroatoms. The lowest BCUT2D eigenvalue weighted by Gasteiger charge is -2.32. The maximum absolute atomic E-state index is 6.81. The van der Waals surface area contributed by atoms with E-state index >= 15 is 0 Å². The molecule has 8 aromatic carbocycles. The van der Waals surface area contributed by atoms with E-state index in [4.69, 9.17) is 13.8 Å². The molecule has 0 bridgehead atoms. The SMILES string of the molecule is c1ccc(C2N=C(c3cccc4c3oc3ccc(-c5cccc6oc7c(-n8c9ccccc9c9ccccc98)cccc7c56)cc34)NC(c3ccccc3)N2)cc1. The third kappa shape index (κ3) is 4.98. The van der Waals surface area contributed by atoms with Crippen molar-refractivity contribution < 1.29 is 8.83 Å². The van der Waals surface area contributed by atoms with Crippen LogP contribution in [-0.2, 0) is 0 Å². The van der Waals surface area contributed by atoms with Crippen LogP contribution in [0, 0.1) is 0 Å². The predicted octanol–water partition coefficient (Wildman–Crippen LogP) is 12.6. The monoisotopic (exact) mass is 734 g/mol. The summed E-state index contributed by atoms with van der Waals surface area (Å²) in [5.74, 6) is 0.787. The lowest BCUT2D eigenvalue weighted by atomic mass is 9.97. The summed E-state index contributed by atoms with van der Waals surface area (Å²) in [4.78, 5) is 5.22. The van der Waals surface area contributed by atoms with Gasteiger partial charge >= 0.3 is 0 Å². The molecule has 1 aliphatic rings. The van der Waals surface area contributed by atoms with Crippen LogP contribution in [0.25, 0.3) is 82.5 Å². The molecule has 2 unspecified atom stereocenters. The molecular formula is C51H34N4O2. The van der Waals surface area contributed by atoms with Crippen molar-refractivity contribution in [3.05, 3.63) is 199 Å². The van der Waals surface area contributed by atoms with Crippen molar-refractivity contribution in [1.29, 1.82) is 0 Å². The number of furan rings is 2. The van der Waals surface area contributed by atoms with Gasteiger partial charge in [-0.15, -0.1) is 0 Å². The fourth-order valence-corrected chi connectivity index (χ4v) is 8.90. The molecule has 0 saturated carbocycles. The van der Waals surface area contributed by atoms with Crippen LogP contribution in [0.4, 0.5) is 0 Å². The Kier molecular flexibility index (Phi) is 7.03. The number of hydrogen-bond acceptors (Lipinski definition) is 5. The number of amidine groups is 1. The molecule has 11 aromatic rings. The second-order valence-corrected chi connectivity index (χ2v) is 14.7. The zero-order valence-electron chi connectivity index (χ0n) is 30.7. The molecule has 0 radical (unpaired) electrons. The number of aliphatic imine (C=N–C) groups is 1. The van der Waals surface area contributed by atoms with E-state index in [0.717, 1.165) is 94.3 Å². The van der Waals surface area contributed by atoms with E-state index in [1.807, 2.05) is 12.1 Å². The summed E-state index contributed by atoms with van der Waals surface area (Å²) in [6, 6.07) is 63.7. The maximum Gasteiger partial charge on any atom is 0.159 e. The van der Waals surface area contributed by atoms with Crippen LogP contribution in [-0.4, -0.2) is 10.4 Å². The van der Waals surface area contributed by atoms with Crippen LogP contribution in [0.15, 0.2) is 196 Å². The Labute approximate surface area is 327 Å². The molecule has 0 saturated heterocycles. The Balaban J connectivity index is 1.00. The molecule has 3 aromatic heterocycles. The zero-order valence-corrected chi connectivity index (χ0v) is 30.7. The number of aromatic nitrogens is 1. The van der Waals surface area contributed by atoms with E-state index < -0.39 is 0 Å². The number of hydrogen-bond donors (Lipinski definition) is 2. The first kappa shape index (κ1) is 31.9. The Morgan fingerprint density at radius 1 is 0.474 bits per heavy atom. The summed E-state index contributed by atoms with van der Waals surface area (Å²) >= 11 is 0. The summed E-state index contributed by atoms with van der Waals surface area (Å²) in [5.41, 5.74) is 12.0. The van der Waals surface area contributed by atoms with E-state index in [0.29, 0.717) is 0 Å². The van der Waals surface area contributed by atoms with E-state index in [2.05, 4.69) is 185 Å². The highest BCUT2D eigenvalue weighted by Gasteiger charge is 2.27. The van der Waals surface area contributed by atoms with Crippen molar-refractivity contribution >= 4 is 71.5 Å². The van der Waals surface area contributed by atoms with Gasteiger partial charge in [0.25, 0.3) is 0 Å². The van der Waals surface area contributed by atoms with Gasteiger partial charge in [0, 0.05) is 32.3 Å². The molecule has 0 amide bonds. The van der Waals surface area contributed by atoms with Crippen molar-refractivity contribution in [2.45, 2.75) is 12.3 Å². The summed E-state index contributed by atoms with van der Waals surface area (Å²) in [6.45, 7) is 0. The average molecular weight is 735 g/mol. The largest absolute Gasteiger partial charge is 0.455 e. The van der Waals surface area contributed by atoms with Crippen LogP contribution < -0.4 is 10.6 Å². The molecule has 270 valence electrons. The van der Waals surface area contributed by atoms with Crippen LogP contribution in [0.1, 0.15) is 29.0 Å². The first-order valence-electron chi connectivity index (χ1n) is 19.4. The van der Waals surface area contributed by atoms with Crippen molar-refractivity contribution in [2.24, 2.45) is 4.99 Å². The second kappa shape index (κ2) is 12.6. The third-order valence-corrected chi connectivity index (χ3v) is 11.5. The fraction of sp³-hybridized carbons (Fsp3) is 0.0392. The van der Waals surface area contributed by atoms with Gasteiger partial charge in [-0.05, 0) is 64.7 Å². The van der Waals surface area contributed by atoms with Gasteiger partial charge in [-0.2, -0.15) is 0 Å². The smallest absolute Gasteiger partial charge is 0.159 e. The van der Waals surface area contributed by atoms with Gasteiger partial charge in [-0.1, -0.05) is 140 Å². The summed E-state index contributed by atoms with van der Waals surface area (Å²) < 4.78 is 15.9. The lowest BCUT2D eigenvalue weighted by molar-refractivity contribution is 0.409. The number of para-hydroxylation sites is 4. The minimum absolute atomic E-state index is 0.143. The Hall–Kier alpha value is -7.41. The molecular weight excluding hydrogens is 701 g/mol. The minimum atomic E-state index is -0.236. The lowest BCUT2D eigenvalue weighted by Crippen LogP contribution is -2.45. The van der Waals surface area contributed by atoms with E-state index in [9.17, 15) is 0 Å². The Morgan fingerprint density at radius 3 is 1.89 bits per heavy atom. The van der Waals surface area contributed by atoms with Gasteiger partial charge in [-0.25, -0.2) is 4.99 Å². The van der Waals surface area contributed by atoms with Crippen molar-refractivity contribution in [3.63, 3.8) is 0 Å². The number of benzene rings is 8. The molecule has 0 spiro atoms. The molecule has 4 heterocycles. The molecule has 57 heavy (non-hydrogen) atoms. The molecule has 0 aliphatic carbocycles. The Bertz CT molecular complexity index is 3320. The number of rotatable bonds is 5. The van der Waals surface area contributed by atoms with Gasteiger partial charge < -0.3 is 18.7 Å². The standard InChI is InChI=1S/C51H34N4O2/c1-3-14-31(15-4-1)49-52-50(32-16-5-2-6-17-32)54-51(53-49)39-23-11-21-37-40-30-33(28-29-44(40)56-47(37)39)34-20-13-27-45-46(34)38-22-12-26-43(48(38)57-45)55-41-24-9-7-18-35(41)36-19-8-10-25-42(36)55/h1-30,49-50,52H,(H,53,54). The molecule has 12 rings (SSSR count). The Morgan fingerprint density at radius 2 is 1.11 bits per heavy atom. The number of fused-ring (bicyclic) bond motifs is 9. The average Bonchev–Trinajstić information content (AvgIpc) is 3.96. The van der Waals surface area contributed by atoms with Crippen LogP contribution >= 0.6 is 0 Å². The maximum atomic E-state index is 6.81. The molecule has 2 N–H and O–H groups in total. The first-order valence-corrected chi connectivity index (χ1v) is 19.4. The van der Waals surface area contributed by atoms with Gasteiger partial charge in [-0.3, -0.25) is 5.32 Å². The minimum Gasteiger partial charge on any atom is -0.455 e. The van der Waals surface area contributed by atoms with Gasteiger partial charge in [0.05, 0.1) is 22.3 Å². The predicted molar refractivity (Wildman–Crippen MR) is 232 cm³/mol. The van der Waals surface area contributed by atoms with E-state index in [1.54, 1.807) is 0 Å². The molecule has 6 nitrogen and oxygen atoms in total. The highest BCUT2D eigenvalue weighted by Crippen LogP contribution is 2.43. The van der Waals surface area contributed by atoms with Gasteiger partial charge in [0.15, 0.2) is 5.58 Å². The van der Waals surface area contributed by atoms with Crippen LogP contribution in [0.5, 0.6) is 0 Å². The highest BCUT2D eigenvalue weighted by atomic mass is 16.3. The van der Waals surface area contributed by atoms with Gasteiger partial charge in [0.2, 0.25) is 0 Å².